The maximum atomic E-state index is 13.0. The van der Waals surface area contributed by atoms with Crippen LogP contribution in [0.4, 0.5) is 4.39 Å². The summed E-state index contributed by atoms with van der Waals surface area (Å²) < 4.78 is 46.4. The highest BCUT2D eigenvalue weighted by atomic mass is 32.2. The number of hydrogen-bond donors (Lipinski definition) is 1. The monoisotopic (exact) mass is 302 g/mol. The average Bonchev–Trinajstić information content (AvgIpc) is 2.90. The molecule has 0 radical (unpaired) electrons. The van der Waals surface area contributed by atoms with E-state index >= 15 is 0 Å². The molecule has 0 aromatic heterocycles. The summed E-state index contributed by atoms with van der Waals surface area (Å²) in [4.78, 5) is 0. The van der Waals surface area contributed by atoms with Crippen LogP contribution in [0, 0.1) is 5.82 Å². The predicted octanol–water partition coefficient (Wildman–Crippen LogP) is 1.44. The topological polar surface area (TPSA) is 58.6 Å². The third kappa shape index (κ3) is 3.54. The highest BCUT2D eigenvalue weighted by Crippen LogP contribution is 2.28. The van der Waals surface area contributed by atoms with Crippen LogP contribution in [0.2, 0.25) is 0 Å². The van der Waals surface area contributed by atoms with E-state index in [9.17, 15) is 12.8 Å². The fourth-order valence-corrected chi connectivity index (χ4v) is 2.98. The van der Waals surface area contributed by atoms with E-state index in [0.717, 1.165) is 17.1 Å². The van der Waals surface area contributed by atoms with Crippen LogP contribution in [0.25, 0.3) is 0 Å². The molecule has 1 heterocycles. The molecular formula is C13H19FN2O3S. The van der Waals surface area contributed by atoms with Crippen molar-refractivity contribution in [1.82, 2.24) is 9.03 Å². The summed E-state index contributed by atoms with van der Waals surface area (Å²) in [6.45, 7) is 0.617. The van der Waals surface area contributed by atoms with E-state index in [1.807, 2.05) is 0 Å². The summed E-state index contributed by atoms with van der Waals surface area (Å²) >= 11 is 0. The second-order valence-corrected chi connectivity index (χ2v) is 6.90. The second kappa shape index (κ2) is 6.17. The first-order valence-corrected chi connectivity index (χ1v) is 7.91. The molecule has 2 atom stereocenters. The van der Waals surface area contributed by atoms with Crippen molar-refractivity contribution in [1.29, 1.82) is 0 Å². The quantitative estimate of drug-likeness (QED) is 0.895. The molecular weight excluding hydrogens is 283 g/mol. The molecule has 20 heavy (non-hydrogen) atoms. The number of benzene rings is 1. The lowest BCUT2D eigenvalue weighted by Gasteiger charge is -2.26. The van der Waals surface area contributed by atoms with Crippen LogP contribution < -0.4 is 4.72 Å². The van der Waals surface area contributed by atoms with Gasteiger partial charge in [0.25, 0.3) is 10.2 Å². The van der Waals surface area contributed by atoms with E-state index in [1.165, 1.54) is 26.2 Å². The molecule has 1 aliphatic rings. The van der Waals surface area contributed by atoms with Gasteiger partial charge in [0.15, 0.2) is 0 Å². The Kier molecular flexibility index (Phi) is 4.74. The minimum Gasteiger partial charge on any atom is -0.376 e. The van der Waals surface area contributed by atoms with Gasteiger partial charge in [0, 0.05) is 20.7 Å². The van der Waals surface area contributed by atoms with Crippen LogP contribution in [0.5, 0.6) is 0 Å². The molecule has 7 heteroatoms. The van der Waals surface area contributed by atoms with Gasteiger partial charge in [-0.05, 0) is 30.5 Å². The molecule has 0 aliphatic carbocycles. The molecule has 1 fully saturated rings. The molecule has 0 amide bonds. The van der Waals surface area contributed by atoms with Crippen LogP contribution in [0.3, 0.4) is 0 Å². The minimum absolute atomic E-state index is 0.227. The van der Waals surface area contributed by atoms with Gasteiger partial charge in [-0.25, -0.2) is 4.39 Å². The highest BCUT2D eigenvalue weighted by Gasteiger charge is 2.31. The maximum Gasteiger partial charge on any atom is 0.279 e. The molecule has 0 bridgehead atoms. The van der Waals surface area contributed by atoms with Crippen LogP contribution in [-0.4, -0.2) is 39.5 Å². The van der Waals surface area contributed by atoms with E-state index in [2.05, 4.69) is 4.72 Å². The van der Waals surface area contributed by atoms with Gasteiger partial charge >= 0.3 is 0 Å². The molecule has 5 nitrogen and oxygen atoms in total. The van der Waals surface area contributed by atoms with Gasteiger partial charge < -0.3 is 4.74 Å². The van der Waals surface area contributed by atoms with Gasteiger partial charge in [0.2, 0.25) is 0 Å². The first-order chi connectivity index (χ1) is 9.40. The van der Waals surface area contributed by atoms with E-state index in [0.29, 0.717) is 12.2 Å². The Morgan fingerprint density at radius 3 is 2.50 bits per heavy atom. The number of nitrogens with zero attached hydrogens (tertiary/aromatic N) is 1. The van der Waals surface area contributed by atoms with Crippen molar-refractivity contribution in [2.24, 2.45) is 0 Å². The van der Waals surface area contributed by atoms with Gasteiger partial charge in [-0.15, -0.1) is 0 Å². The summed E-state index contributed by atoms with van der Waals surface area (Å²) in [6.07, 6.45) is 1.44. The molecule has 0 saturated carbocycles. The Bertz CT molecular complexity index is 539. The number of halogens is 1. The smallest absolute Gasteiger partial charge is 0.279 e. The Hall–Kier alpha value is -1.02. The predicted molar refractivity (Wildman–Crippen MR) is 73.9 cm³/mol. The zero-order chi connectivity index (χ0) is 14.8. The molecule has 0 unspecified atom stereocenters. The van der Waals surface area contributed by atoms with Crippen molar-refractivity contribution < 1.29 is 17.5 Å². The largest absolute Gasteiger partial charge is 0.376 e. The third-order valence-corrected chi connectivity index (χ3v) is 4.84. The van der Waals surface area contributed by atoms with Crippen LogP contribution >= 0.6 is 0 Å². The second-order valence-electron chi connectivity index (χ2n) is 4.99. The number of rotatable bonds is 5. The van der Waals surface area contributed by atoms with Gasteiger partial charge in [-0.2, -0.15) is 17.4 Å². The number of nitrogens with one attached hydrogen (secondary N) is 1. The van der Waals surface area contributed by atoms with E-state index in [-0.39, 0.29) is 11.9 Å². The van der Waals surface area contributed by atoms with Crippen molar-refractivity contribution in [3.05, 3.63) is 35.6 Å². The summed E-state index contributed by atoms with van der Waals surface area (Å²) in [5, 5.41) is 0. The Morgan fingerprint density at radius 2 is 2.00 bits per heavy atom. The van der Waals surface area contributed by atoms with Crippen molar-refractivity contribution in [2.75, 3.05) is 20.7 Å². The molecule has 1 aliphatic heterocycles. The molecule has 1 aromatic carbocycles. The SMILES string of the molecule is CN(C)S(=O)(=O)N[C@H](c1ccc(F)cc1)[C@H]1CCCO1. The summed E-state index contributed by atoms with van der Waals surface area (Å²) in [5.41, 5.74) is 0.698. The Labute approximate surface area is 118 Å². The van der Waals surface area contributed by atoms with Crippen LogP contribution in [-0.2, 0) is 14.9 Å². The Morgan fingerprint density at radius 1 is 1.35 bits per heavy atom. The molecule has 112 valence electrons. The maximum absolute atomic E-state index is 13.0. The van der Waals surface area contributed by atoms with Crippen molar-refractivity contribution in [2.45, 2.75) is 25.0 Å². The molecule has 1 aromatic rings. The molecule has 2 rings (SSSR count). The molecule has 1 saturated heterocycles. The van der Waals surface area contributed by atoms with Gasteiger partial charge in [-0.1, -0.05) is 12.1 Å². The third-order valence-electron chi connectivity index (χ3n) is 3.32. The standard InChI is InChI=1S/C13H19FN2O3S/c1-16(2)20(17,18)15-13(12-4-3-9-19-12)10-5-7-11(14)8-6-10/h5-8,12-13,15H,3-4,9H2,1-2H3/t12-,13-/m1/s1. The van der Waals surface area contributed by atoms with Crippen LogP contribution in [0.15, 0.2) is 24.3 Å². The van der Waals surface area contributed by atoms with Crippen molar-refractivity contribution in [3.63, 3.8) is 0 Å². The van der Waals surface area contributed by atoms with E-state index in [4.69, 9.17) is 4.74 Å². The zero-order valence-corrected chi connectivity index (χ0v) is 12.4. The van der Waals surface area contributed by atoms with Crippen molar-refractivity contribution >= 4 is 10.2 Å². The van der Waals surface area contributed by atoms with Crippen molar-refractivity contribution in [3.8, 4) is 0 Å². The van der Waals surface area contributed by atoms with Gasteiger partial charge in [0.1, 0.15) is 5.82 Å². The summed E-state index contributed by atoms with van der Waals surface area (Å²) in [7, 11) is -0.668. The van der Waals surface area contributed by atoms with Gasteiger partial charge in [0.05, 0.1) is 12.1 Å². The zero-order valence-electron chi connectivity index (χ0n) is 11.5. The number of ether oxygens (including phenoxy) is 1. The highest BCUT2D eigenvalue weighted by molar-refractivity contribution is 7.87. The molecule has 0 spiro atoms. The van der Waals surface area contributed by atoms with Crippen LogP contribution in [0.1, 0.15) is 24.4 Å². The summed E-state index contributed by atoms with van der Waals surface area (Å²) in [6, 6.07) is 5.30. The average molecular weight is 302 g/mol. The van der Waals surface area contributed by atoms with E-state index < -0.39 is 16.3 Å². The molecule has 1 N–H and O–H groups in total. The Balaban J connectivity index is 2.27. The lowest BCUT2D eigenvalue weighted by atomic mass is 10.0. The lowest BCUT2D eigenvalue weighted by Crippen LogP contribution is -2.42. The number of hydrogen-bond acceptors (Lipinski definition) is 3. The first-order valence-electron chi connectivity index (χ1n) is 6.47. The fourth-order valence-electron chi connectivity index (χ4n) is 2.16. The lowest BCUT2D eigenvalue weighted by molar-refractivity contribution is 0.0847. The normalized spacial score (nSPS) is 21.3. The fraction of sp³-hybridized carbons (Fsp3) is 0.538. The van der Waals surface area contributed by atoms with E-state index in [1.54, 1.807) is 12.1 Å². The minimum atomic E-state index is -3.58. The van der Waals surface area contributed by atoms with Gasteiger partial charge in [-0.3, -0.25) is 0 Å². The summed E-state index contributed by atoms with van der Waals surface area (Å²) in [5.74, 6) is -0.352. The first kappa shape index (κ1) is 15.4.